The molecule has 0 aromatic carbocycles. The Bertz CT molecular complexity index is 523. The standard InChI is InChI=1S/C20H36N4O3/c1-4-21-20(24-13-7-9-17(15-24)19(26)27-5-2)22-11-10-18(25)23-12-6-8-16(3)14-23/h16-17H,4-15H2,1-3H3,(H,21,22). The van der Waals surface area contributed by atoms with E-state index in [4.69, 9.17) is 4.74 Å². The van der Waals surface area contributed by atoms with Crippen LogP contribution in [0.4, 0.5) is 0 Å². The molecule has 0 saturated carbocycles. The Morgan fingerprint density at radius 1 is 1.11 bits per heavy atom. The van der Waals surface area contributed by atoms with Gasteiger partial charge < -0.3 is 19.9 Å². The monoisotopic (exact) mass is 380 g/mol. The lowest BCUT2D eigenvalue weighted by molar-refractivity contribution is -0.149. The molecule has 0 radical (unpaired) electrons. The molecule has 0 aromatic rings. The summed E-state index contributed by atoms with van der Waals surface area (Å²) in [6.45, 7) is 11.0. The smallest absolute Gasteiger partial charge is 0.310 e. The molecule has 2 unspecified atom stereocenters. The quantitative estimate of drug-likeness (QED) is 0.433. The third-order valence-electron chi connectivity index (χ3n) is 5.27. The maximum Gasteiger partial charge on any atom is 0.310 e. The van der Waals surface area contributed by atoms with Crippen LogP contribution in [0.25, 0.3) is 0 Å². The molecule has 2 aliphatic heterocycles. The summed E-state index contributed by atoms with van der Waals surface area (Å²) in [4.78, 5) is 33.3. The number of esters is 1. The first kappa shape index (κ1) is 21.5. The number of nitrogens with one attached hydrogen (secondary N) is 1. The molecule has 7 heteroatoms. The zero-order chi connectivity index (χ0) is 19.6. The van der Waals surface area contributed by atoms with Crippen LogP contribution >= 0.6 is 0 Å². The first-order chi connectivity index (χ1) is 13.0. The number of hydrogen-bond acceptors (Lipinski definition) is 4. The highest BCUT2D eigenvalue weighted by Gasteiger charge is 2.28. The van der Waals surface area contributed by atoms with Gasteiger partial charge in [0.2, 0.25) is 5.91 Å². The van der Waals surface area contributed by atoms with Crippen molar-refractivity contribution in [2.45, 2.75) is 52.9 Å². The summed E-state index contributed by atoms with van der Waals surface area (Å²) in [7, 11) is 0. The summed E-state index contributed by atoms with van der Waals surface area (Å²) in [6, 6.07) is 0. The minimum atomic E-state index is -0.118. The average Bonchev–Trinajstić information content (AvgIpc) is 2.67. The third kappa shape index (κ3) is 6.70. The van der Waals surface area contributed by atoms with E-state index < -0.39 is 0 Å². The van der Waals surface area contributed by atoms with Gasteiger partial charge in [-0.25, -0.2) is 0 Å². The second kappa shape index (κ2) is 11.1. The molecule has 7 nitrogen and oxygen atoms in total. The molecule has 0 spiro atoms. The van der Waals surface area contributed by atoms with E-state index in [9.17, 15) is 9.59 Å². The summed E-state index contributed by atoms with van der Waals surface area (Å²) >= 11 is 0. The van der Waals surface area contributed by atoms with Gasteiger partial charge in [-0.15, -0.1) is 0 Å². The minimum Gasteiger partial charge on any atom is -0.466 e. The SMILES string of the molecule is CCNC(=NCCC(=O)N1CCCC(C)C1)N1CCCC(C(=O)OCC)C1. The lowest BCUT2D eigenvalue weighted by Gasteiger charge is -2.34. The maximum atomic E-state index is 12.4. The molecule has 2 aliphatic rings. The van der Waals surface area contributed by atoms with Crippen LogP contribution in [-0.4, -0.2) is 73.5 Å². The van der Waals surface area contributed by atoms with Crippen LogP contribution in [0.3, 0.4) is 0 Å². The largest absolute Gasteiger partial charge is 0.466 e. The van der Waals surface area contributed by atoms with Crippen LogP contribution in [-0.2, 0) is 14.3 Å². The highest BCUT2D eigenvalue weighted by molar-refractivity contribution is 5.82. The Balaban J connectivity index is 1.89. The number of amides is 1. The molecule has 1 N–H and O–H groups in total. The van der Waals surface area contributed by atoms with Gasteiger partial charge in [-0.1, -0.05) is 6.92 Å². The third-order valence-corrected chi connectivity index (χ3v) is 5.27. The summed E-state index contributed by atoms with van der Waals surface area (Å²) in [5.74, 6) is 1.37. The number of hydrogen-bond donors (Lipinski definition) is 1. The van der Waals surface area contributed by atoms with Gasteiger partial charge >= 0.3 is 5.97 Å². The van der Waals surface area contributed by atoms with Gasteiger partial charge in [0.25, 0.3) is 0 Å². The van der Waals surface area contributed by atoms with E-state index in [1.807, 2.05) is 18.7 Å². The summed E-state index contributed by atoms with van der Waals surface area (Å²) in [5, 5.41) is 3.30. The fourth-order valence-corrected chi connectivity index (χ4v) is 3.88. The summed E-state index contributed by atoms with van der Waals surface area (Å²) < 4.78 is 5.18. The lowest BCUT2D eigenvalue weighted by Crippen LogP contribution is -2.48. The van der Waals surface area contributed by atoms with Crippen molar-refractivity contribution >= 4 is 17.8 Å². The zero-order valence-electron chi connectivity index (χ0n) is 17.2. The number of rotatable bonds is 6. The fourth-order valence-electron chi connectivity index (χ4n) is 3.88. The van der Waals surface area contributed by atoms with Crippen LogP contribution < -0.4 is 5.32 Å². The summed E-state index contributed by atoms with van der Waals surface area (Å²) in [6.07, 6.45) is 4.56. The second-order valence-corrected chi connectivity index (χ2v) is 7.61. The van der Waals surface area contributed by atoms with Gasteiger partial charge in [-0.05, 0) is 45.4 Å². The van der Waals surface area contributed by atoms with E-state index in [2.05, 4.69) is 22.1 Å². The number of likely N-dealkylation sites (tertiary alicyclic amines) is 2. The second-order valence-electron chi connectivity index (χ2n) is 7.61. The van der Waals surface area contributed by atoms with Crippen molar-refractivity contribution in [1.82, 2.24) is 15.1 Å². The molecule has 2 atom stereocenters. The molecule has 27 heavy (non-hydrogen) atoms. The molecule has 2 rings (SSSR count). The highest BCUT2D eigenvalue weighted by Crippen LogP contribution is 2.18. The van der Waals surface area contributed by atoms with Crippen molar-refractivity contribution < 1.29 is 14.3 Å². The number of guanidine groups is 1. The van der Waals surface area contributed by atoms with Gasteiger partial charge in [0, 0.05) is 39.1 Å². The molecule has 2 fully saturated rings. The molecule has 0 aliphatic carbocycles. The summed E-state index contributed by atoms with van der Waals surface area (Å²) in [5.41, 5.74) is 0. The molecule has 2 saturated heterocycles. The van der Waals surface area contributed by atoms with Crippen molar-refractivity contribution in [2.24, 2.45) is 16.8 Å². The van der Waals surface area contributed by atoms with E-state index in [0.29, 0.717) is 32.0 Å². The van der Waals surface area contributed by atoms with Crippen LogP contribution in [0.15, 0.2) is 4.99 Å². The van der Waals surface area contributed by atoms with Gasteiger partial charge in [0.05, 0.1) is 19.1 Å². The Labute approximate surface area is 163 Å². The fraction of sp³-hybridized carbons (Fsp3) is 0.850. The molecule has 2 heterocycles. The predicted molar refractivity (Wildman–Crippen MR) is 107 cm³/mol. The number of carbonyl (C=O) groups excluding carboxylic acids is 2. The Morgan fingerprint density at radius 3 is 2.56 bits per heavy atom. The zero-order valence-corrected chi connectivity index (χ0v) is 17.2. The first-order valence-corrected chi connectivity index (χ1v) is 10.5. The molecule has 0 aromatic heterocycles. The van der Waals surface area contributed by atoms with Gasteiger partial charge in [-0.2, -0.15) is 0 Å². The van der Waals surface area contributed by atoms with Crippen LogP contribution in [0.5, 0.6) is 0 Å². The van der Waals surface area contributed by atoms with E-state index in [-0.39, 0.29) is 17.8 Å². The maximum absolute atomic E-state index is 12.4. The Kier molecular flexibility index (Phi) is 8.88. The molecule has 1 amide bonds. The molecule has 154 valence electrons. The van der Waals surface area contributed by atoms with E-state index in [1.165, 1.54) is 6.42 Å². The first-order valence-electron chi connectivity index (χ1n) is 10.5. The molecular formula is C20H36N4O3. The number of aliphatic imine (C=N–C) groups is 1. The minimum absolute atomic E-state index is 0.0981. The van der Waals surface area contributed by atoms with E-state index >= 15 is 0 Å². The van der Waals surface area contributed by atoms with Crippen LogP contribution in [0, 0.1) is 11.8 Å². The topological polar surface area (TPSA) is 74.2 Å². The van der Waals surface area contributed by atoms with E-state index in [1.54, 1.807) is 0 Å². The molecule has 0 bridgehead atoms. The van der Waals surface area contributed by atoms with Crippen molar-refractivity contribution in [3.63, 3.8) is 0 Å². The number of ether oxygens (including phenoxy) is 1. The Hall–Kier alpha value is -1.79. The van der Waals surface area contributed by atoms with Crippen molar-refractivity contribution in [3.05, 3.63) is 0 Å². The predicted octanol–water partition coefficient (Wildman–Crippen LogP) is 1.88. The lowest BCUT2D eigenvalue weighted by atomic mass is 9.98. The van der Waals surface area contributed by atoms with Gasteiger partial charge in [0.1, 0.15) is 0 Å². The highest BCUT2D eigenvalue weighted by atomic mass is 16.5. The Morgan fingerprint density at radius 2 is 1.85 bits per heavy atom. The van der Waals surface area contributed by atoms with Crippen molar-refractivity contribution in [3.8, 4) is 0 Å². The molecular weight excluding hydrogens is 344 g/mol. The van der Waals surface area contributed by atoms with Crippen molar-refractivity contribution in [2.75, 3.05) is 45.9 Å². The number of carbonyl (C=O) groups is 2. The van der Waals surface area contributed by atoms with Crippen molar-refractivity contribution in [1.29, 1.82) is 0 Å². The number of nitrogens with zero attached hydrogens (tertiary/aromatic N) is 3. The van der Waals surface area contributed by atoms with Crippen LogP contribution in [0.2, 0.25) is 0 Å². The van der Waals surface area contributed by atoms with Crippen LogP contribution in [0.1, 0.15) is 52.9 Å². The number of piperidine rings is 2. The average molecular weight is 381 g/mol. The van der Waals surface area contributed by atoms with Gasteiger partial charge in [0.15, 0.2) is 5.96 Å². The van der Waals surface area contributed by atoms with E-state index in [0.717, 1.165) is 51.4 Å². The normalized spacial score (nSPS) is 23.9. The van der Waals surface area contributed by atoms with Gasteiger partial charge in [-0.3, -0.25) is 14.6 Å².